The highest BCUT2D eigenvalue weighted by molar-refractivity contribution is 14.1. The Hall–Kier alpha value is -1.90. The number of halogens is 3. The Labute approximate surface area is 217 Å². The average Bonchev–Trinajstić information content (AvgIpc) is 2.77. The van der Waals surface area contributed by atoms with Crippen molar-refractivity contribution < 1.29 is 9.53 Å². The molecule has 0 heterocycles. The maximum atomic E-state index is 12.4. The van der Waals surface area contributed by atoms with Crippen molar-refractivity contribution in [3.8, 4) is 11.8 Å². The molecule has 0 unspecified atom stereocenters. The van der Waals surface area contributed by atoms with E-state index in [-0.39, 0.29) is 5.57 Å². The highest BCUT2D eigenvalue weighted by atomic mass is 127. The monoisotopic (exact) mass is 698 g/mol. The number of nitrogens with zero attached hydrogens (tertiary/aromatic N) is 1. The van der Waals surface area contributed by atoms with Crippen LogP contribution in [0.1, 0.15) is 16.7 Å². The molecular weight excluding hydrogens is 682 g/mol. The molecule has 156 valence electrons. The van der Waals surface area contributed by atoms with Crippen molar-refractivity contribution >= 4 is 73.1 Å². The van der Waals surface area contributed by atoms with E-state index in [1.165, 1.54) is 3.57 Å². The summed E-state index contributed by atoms with van der Waals surface area (Å²) in [5.41, 5.74) is 2.84. The molecule has 3 aromatic rings. The molecule has 7 heteroatoms. The summed E-state index contributed by atoms with van der Waals surface area (Å²) < 4.78 is 8.81. The summed E-state index contributed by atoms with van der Waals surface area (Å²) in [5, 5.41) is 12.2. The first kappa shape index (κ1) is 23.8. The number of benzene rings is 3. The molecule has 0 saturated heterocycles. The number of amides is 1. The number of carbonyl (C=O) groups is 1. The second-order valence-electron chi connectivity index (χ2n) is 6.57. The molecule has 0 atom stereocenters. The topological polar surface area (TPSA) is 62.1 Å². The zero-order valence-electron chi connectivity index (χ0n) is 16.2. The van der Waals surface area contributed by atoms with Gasteiger partial charge >= 0.3 is 0 Å². The largest absolute Gasteiger partial charge is 0.487 e. The van der Waals surface area contributed by atoms with E-state index in [2.05, 4.69) is 66.4 Å². The molecule has 0 aromatic heterocycles. The van der Waals surface area contributed by atoms with Gasteiger partial charge < -0.3 is 10.1 Å². The van der Waals surface area contributed by atoms with Gasteiger partial charge in [0.25, 0.3) is 5.91 Å². The summed E-state index contributed by atoms with van der Waals surface area (Å²) in [6, 6.07) is 23.4. The second-order valence-corrected chi connectivity index (χ2v) is 9.83. The second kappa shape index (κ2) is 11.6. The molecule has 0 fully saturated rings. The average molecular weight is 699 g/mol. The van der Waals surface area contributed by atoms with E-state index in [4.69, 9.17) is 4.74 Å². The highest BCUT2D eigenvalue weighted by Gasteiger charge is 2.12. The van der Waals surface area contributed by atoms with E-state index >= 15 is 0 Å². The summed E-state index contributed by atoms with van der Waals surface area (Å²) >= 11 is 8.01. The van der Waals surface area contributed by atoms with Crippen LogP contribution >= 0.6 is 61.1 Å². The van der Waals surface area contributed by atoms with Crippen LogP contribution in [0.15, 0.2) is 76.8 Å². The zero-order chi connectivity index (χ0) is 22.2. The van der Waals surface area contributed by atoms with Crippen molar-refractivity contribution in [2.45, 2.75) is 13.2 Å². The van der Waals surface area contributed by atoms with Crippen molar-refractivity contribution in [2.24, 2.45) is 0 Å². The van der Waals surface area contributed by atoms with Gasteiger partial charge in [-0.25, -0.2) is 0 Å². The molecular formula is C24H17BrI2N2O2. The molecule has 1 N–H and O–H groups in total. The summed E-state index contributed by atoms with van der Waals surface area (Å²) in [5.74, 6) is 0.319. The summed E-state index contributed by atoms with van der Waals surface area (Å²) in [7, 11) is 0. The standard InChI is InChI=1S/C24H17BrI2N2O2/c25-21-11-18(10-19(13-28)24(30)29-14-16-4-2-1-3-5-16)12-22(27)23(21)31-15-17-6-8-20(26)9-7-17/h1-12H,14-15H2,(H,29,30)/b19-10-. The molecule has 3 rings (SSSR count). The number of rotatable bonds is 7. The molecule has 0 radical (unpaired) electrons. The summed E-state index contributed by atoms with van der Waals surface area (Å²) in [6.07, 6.45) is 1.58. The number of nitrogens with one attached hydrogen (secondary N) is 1. The minimum atomic E-state index is -0.406. The molecule has 31 heavy (non-hydrogen) atoms. The van der Waals surface area contributed by atoms with Crippen LogP contribution in [0.25, 0.3) is 6.08 Å². The van der Waals surface area contributed by atoms with Crippen molar-refractivity contribution in [3.05, 3.63) is 101 Å². The van der Waals surface area contributed by atoms with Gasteiger partial charge in [0.05, 0.1) is 8.04 Å². The maximum Gasteiger partial charge on any atom is 0.262 e. The van der Waals surface area contributed by atoms with Gasteiger partial charge in [-0.2, -0.15) is 5.26 Å². The van der Waals surface area contributed by atoms with Gasteiger partial charge in [0.1, 0.15) is 24.0 Å². The Bertz CT molecular complexity index is 1120. The summed E-state index contributed by atoms with van der Waals surface area (Å²) in [4.78, 5) is 12.4. The Morgan fingerprint density at radius 3 is 2.42 bits per heavy atom. The van der Waals surface area contributed by atoms with Crippen molar-refractivity contribution in [1.82, 2.24) is 5.32 Å². The van der Waals surface area contributed by atoms with E-state index in [0.29, 0.717) is 13.2 Å². The fourth-order valence-electron chi connectivity index (χ4n) is 2.73. The van der Waals surface area contributed by atoms with Crippen LogP contribution in [0.2, 0.25) is 0 Å². The molecule has 3 aromatic carbocycles. The third-order valence-corrected chi connectivity index (χ3v) is 6.40. The third kappa shape index (κ3) is 7.05. The van der Waals surface area contributed by atoms with Crippen LogP contribution in [0.5, 0.6) is 5.75 Å². The highest BCUT2D eigenvalue weighted by Crippen LogP contribution is 2.33. The van der Waals surface area contributed by atoms with Gasteiger partial charge in [-0.05, 0) is 108 Å². The minimum absolute atomic E-state index is 0.0474. The van der Waals surface area contributed by atoms with E-state index in [9.17, 15) is 10.1 Å². The van der Waals surface area contributed by atoms with Gasteiger partial charge in [0, 0.05) is 10.1 Å². The quantitative estimate of drug-likeness (QED) is 0.175. The van der Waals surface area contributed by atoms with Gasteiger partial charge in [-0.1, -0.05) is 42.5 Å². The Kier molecular flexibility index (Phi) is 8.92. The lowest BCUT2D eigenvalue weighted by Gasteiger charge is -2.12. The molecule has 0 bridgehead atoms. The van der Waals surface area contributed by atoms with Gasteiger partial charge in [0.15, 0.2) is 0 Å². The first-order valence-corrected chi connectivity index (χ1v) is 12.2. The lowest BCUT2D eigenvalue weighted by atomic mass is 10.1. The first-order chi connectivity index (χ1) is 15.0. The van der Waals surface area contributed by atoms with Gasteiger partial charge in [-0.15, -0.1) is 0 Å². The predicted octanol–water partition coefficient (Wildman–Crippen LogP) is 6.46. The fraction of sp³-hybridized carbons (Fsp3) is 0.0833. The number of ether oxygens (including phenoxy) is 1. The molecule has 0 spiro atoms. The smallest absolute Gasteiger partial charge is 0.262 e. The molecule has 4 nitrogen and oxygen atoms in total. The van der Waals surface area contributed by atoms with Crippen LogP contribution in [0.4, 0.5) is 0 Å². The minimum Gasteiger partial charge on any atom is -0.487 e. The normalized spacial score (nSPS) is 11.0. The Balaban J connectivity index is 1.71. The fourth-order valence-corrected chi connectivity index (χ4v) is 4.85. The van der Waals surface area contributed by atoms with Gasteiger partial charge in [-0.3, -0.25) is 4.79 Å². The maximum absolute atomic E-state index is 12.4. The van der Waals surface area contributed by atoms with E-state index < -0.39 is 5.91 Å². The molecule has 0 aliphatic heterocycles. The molecule has 1 amide bonds. The van der Waals surface area contributed by atoms with E-state index in [0.717, 1.165) is 30.5 Å². The Morgan fingerprint density at radius 1 is 1.06 bits per heavy atom. The number of hydrogen-bond donors (Lipinski definition) is 1. The molecule has 0 saturated carbocycles. The van der Waals surface area contributed by atoms with Crippen LogP contribution in [0, 0.1) is 18.5 Å². The van der Waals surface area contributed by atoms with Crippen LogP contribution in [0.3, 0.4) is 0 Å². The zero-order valence-corrected chi connectivity index (χ0v) is 22.1. The van der Waals surface area contributed by atoms with Crippen molar-refractivity contribution in [1.29, 1.82) is 5.26 Å². The van der Waals surface area contributed by atoms with E-state index in [1.54, 1.807) is 6.08 Å². The van der Waals surface area contributed by atoms with Crippen LogP contribution in [-0.4, -0.2) is 5.91 Å². The number of nitriles is 1. The van der Waals surface area contributed by atoms with Crippen molar-refractivity contribution in [2.75, 3.05) is 0 Å². The van der Waals surface area contributed by atoms with Crippen LogP contribution in [-0.2, 0) is 17.9 Å². The SMILES string of the molecule is N#C/C(=C/c1cc(Br)c(OCc2ccc(I)cc2)c(I)c1)C(=O)NCc1ccccc1. The number of hydrogen-bond acceptors (Lipinski definition) is 3. The Morgan fingerprint density at radius 2 is 1.77 bits per heavy atom. The lowest BCUT2D eigenvalue weighted by Crippen LogP contribution is -2.23. The molecule has 0 aliphatic rings. The third-order valence-electron chi connectivity index (χ3n) is 4.29. The van der Waals surface area contributed by atoms with Crippen molar-refractivity contribution in [3.63, 3.8) is 0 Å². The molecule has 0 aliphatic carbocycles. The lowest BCUT2D eigenvalue weighted by molar-refractivity contribution is -0.117. The van der Waals surface area contributed by atoms with Gasteiger partial charge in [0.2, 0.25) is 0 Å². The number of carbonyl (C=O) groups excluding carboxylic acids is 1. The summed E-state index contributed by atoms with van der Waals surface area (Å²) in [6.45, 7) is 0.817. The predicted molar refractivity (Wildman–Crippen MR) is 142 cm³/mol. The van der Waals surface area contributed by atoms with E-state index in [1.807, 2.05) is 72.8 Å². The first-order valence-electron chi connectivity index (χ1n) is 9.26. The van der Waals surface area contributed by atoms with Crippen LogP contribution < -0.4 is 10.1 Å².